The summed E-state index contributed by atoms with van der Waals surface area (Å²) in [4.78, 5) is 2.53. The Hall–Kier alpha value is -1.02. The fourth-order valence-electron chi connectivity index (χ4n) is 2.76. The smallest absolute Gasteiger partial charge is 0.0369 e. The van der Waals surface area contributed by atoms with Gasteiger partial charge in [-0.2, -0.15) is 0 Å². The minimum atomic E-state index is 0.861. The summed E-state index contributed by atoms with van der Waals surface area (Å²) in [6.07, 6.45) is 4.05. The summed E-state index contributed by atoms with van der Waals surface area (Å²) in [5, 5.41) is 3.47. The summed E-state index contributed by atoms with van der Waals surface area (Å²) in [5.41, 5.74) is 4.50. The molecular formula is C15H22N2. The van der Waals surface area contributed by atoms with Crippen LogP contribution in [0.2, 0.25) is 0 Å². The van der Waals surface area contributed by atoms with E-state index in [0.717, 1.165) is 25.6 Å². The molecule has 1 saturated carbocycles. The number of rotatable bonds is 2. The molecule has 3 rings (SSSR count). The van der Waals surface area contributed by atoms with Crippen molar-refractivity contribution in [1.82, 2.24) is 5.32 Å². The van der Waals surface area contributed by atoms with Gasteiger partial charge < -0.3 is 10.2 Å². The fourth-order valence-corrected chi connectivity index (χ4v) is 2.76. The van der Waals surface area contributed by atoms with Crippen LogP contribution < -0.4 is 10.2 Å². The largest absolute Gasteiger partial charge is 0.370 e. The van der Waals surface area contributed by atoms with Crippen molar-refractivity contribution in [3.63, 3.8) is 0 Å². The molecule has 2 heteroatoms. The first-order chi connectivity index (χ1) is 8.34. The van der Waals surface area contributed by atoms with Crippen molar-refractivity contribution in [1.29, 1.82) is 0 Å². The number of anilines is 1. The predicted octanol–water partition coefficient (Wildman–Crippen LogP) is 2.67. The second kappa shape index (κ2) is 4.69. The van der Waals surface area contributed by atoms with Gasteiger partial charge in [0.15, 0.2) is 0 Å². The van der Waals surface area contributed by atoms with Crippen LogP contribution in [0.4, 0.5) is 5.69 Å². The lowest BCUT2D eigenvalue weighted by molar-refractivity contribution is 0.724. The average Bonchev–Trinajstić information content (AvgIpc) is 3.17. The van der Waals surface area contributed by atoms with Crippen molar-refractivity contribution in [3.8, 4) is 0 Å². The Morgan fingerprint density at radius 2 is 2.06 bits per heavy atom. The molecule has 1 saturated heterocycles. The van der Waals surface area contributed by atoms with E-state index in [1.807, 2.05) is 0 Å². The SMILES string of the molecule is Cc1ccc(N2CCCNCC2)cc1C1CC1. The lowest BCUT2D eigenvalue weighted by Gasteiger charge is -2.23. The second-order valence-corrected chi connectivity index (χ2v) is 5.41. The number of hydrogen-bond acceptors (Lipinski definition) is 2. The third-order valence-corrected chi connectivity index (χ3v) is 3.99. The Morgan fingerprint density at radius 3 is 2.88 bits per heavy atom. The highest BCUT2D eigenvalue weighted by Crippen LogP contribution is 2.42. The van der Waals surface area contributed by atoms with Gasteiger partial charge in [0, 0.05) is 25.3 Å². The summed E-state index contributed by atoms with van der Waals surface area (Å²) >= 11 is 0. The molecule has 17 heavy (non-hydrogen) atoms. The molecule has 2 fully saturated rings. The van der Waals surface area contributed by atoms with Crippen LogP contribution in [0.1, 0.15) is 36.3 Å². The van der Waals surface area contributed by atoms with E-state index in [-0.39, 0.29) is 0 Å². The van der Waals surface area contributed by atoms with E-state index < -0.39 is 0 Å². The minimum Gasteiger partial charge on any atom is -0.370 e. The number of hydrogen-bond donors (Lipinski definition) is 1. The van der Waals surface area contributed by atoms with Crippen molar-refractivity contribution in [2.24, 2.45) is 0 Å². The maximum absolute atomic E-state index is 3.47. The first kappa shape index (κ1) is 11.1. The molecule has 0 unspecified atom stereocenters. The van der Waals surface area contributed by atoms with E-state index in [4.69, 9.17) is 0 Å². The standard InChI is InChI=1S/C15H22N2/c1-12-3-6-14(11-15(12)13-4-5-13)17-9-2-7-16-8-10-17/h3,6,11,13,16H,2,4-5,7-10H2,1H3. The van der Waals surface area contributed by atoms with Crippen molar-refractivity contribution in [3.05, 3.63) is 29.3 Å². The topological polar surface area (TPSA) is 15.3 Å². The minimum absolute atomic E-state index is 0.861. The maximum Gasteiger partial charge on any atom is 0.0369 e. The lowest BCUT2D eigenvalue weighted by Crippen LogP contribution is -2.27. The van der Waals surface area contributed by atoms with E-state index in [0.29, 0.717) is 0 Å². The van der Waals surface area contributed by atoms with E-state index in [9.17, 15) is 0 Å². The Balaban J connectivity index is 1.83. The molecule has 0 radical (unpaired) electrons. The predicted molar refractivity (Wildman–Crippen MR) is 72.9 cm³/mol. The molecule has 0 bridgehead atoms. The van der Waals surface area contributed by atoms with Gasteiger partial charge in [0.05, 0.1) is 0 Å². The molecule has 1 heterocycles. The van der Waals surface area contributed by atoms with E-state index in [2.05, 4.69) is 35.3 Å². The van der Waals surface area contributed by atoms with Crippen LogP contribution in [0.15, 0.2) is 18.2 Å². The van der Waals surface area contributed by atoms with Crippen molar-refractivity contribution in [2.75, 3.05) is 31.1 Å². The summed E-state index contributed by atoms with van der Waals surface area (Å²) in [7, 11) is 0. The normalized spacial score (nSPS) is 21.4. The number of benzene rings is 1. The molecule has 2 aliphatic rings. The van der Waals surface area contributed by atoms with E-state index >= 15 is 0 Å². The Kier molecular flexibility index (Phi) is 3.06. The molecule has 1 aliphatic heterocycles. The molecule has 1 N–H and O–H groups in total. The molecule has 0 amide bonds. The summed E-state index contributed by atoms with van der Waals surface area (Å²) < 4.78 is 0. The van der Waals surface area contributed by atoms with Crippen LogP contribution in [0.5, 0.6) is 0 Å². The Bertz CT molecular complexity index is 388. The van der Waals surface area contributed by atoms with Gasteiger partial charge in [-0.15, -0.1) is 0 Å². The van der Waals surface area contributed by atoms with Gasteiger partial charge in [0.1, 0.15) is 0 Å². The highest BCUT2D eigenvalue weighted by molar-refractivity contribution is 5.52. The molecule has 0 atom stereocenters. The third-order valence-electron chi connectivity index (χ3n) is 3.99. The van der Waals surface area contributed by atoms with Gasteiger partial charge in [0.2, 0.25) is 0 Å². The van der Waals surface area contributed by atoms with Crippen LogP contribution in [-0.2, 0) is 0 Å². The zero-order chi connectivity index (χ0) is 11.7. The maximum atomic E-state index is 3.47. The van der Waals surface area contributed by atoms with Crippen LogP contribution in [0, 0.1) is 6.92 Å². The monoisotopic (exact) mass is 230 g/mol. The van der Waals surface area contributed by atoms with E-state index in [1.54, 1.807) is 5.56 Å². The zero-order valence-corrected chi connectivity index (χ0v) is 10.7. The van der Waals surface area contributed by atoms with Gasteiger partial charge in [-0.3, -0.25) is 0 Å². The quantitative estimate of drug-likeness (QED) is 0.840. The van der Waals surface area contributed by atoms with Crippen molar-refractivity contribution >= 4 is 5.69 Å². The number of nitrogens with zero attached hydrogens (tertiary/aromatic N) is 1. The van der Waals surface area contributed by atoms with E-state index in [1.165, 1.54) is 37.1 Å². The summed E-state index contributed by atoms with van der Waals surface area (Å²) in [5.74, 6) is 0.861. The molecule has 1 aliphatic carbocycles. The van der Waals surface area contributed by atoms with Crippen LogP contribution in [0.25, 0.3) is 0 Å². The molecule has 1 aromatic rings. The second-order valence-electron chi connectivity index (χ2n) is 5.41. The van der Waals surface area contributed by atoms with Gasteiger partial charge in [0.25, 0.3) is 0 Å². The van der Waals surface area contributed by atoms with Gasteiger partial charge >= 0.3 is 0 Å². The lowest BCUT2D eigenvalue weighted by atomic mass is 10.0. The highest BCUT2D eigenvalue weighted by atomic mass is 15.2. The van der Waals surface area contributed by atoms with Crippen LogP contribution in [-0.4, -0.2) is 26.2 Å². The Labute approximate surface area is 104 Å². The zero-order valence-electron chi connectivity index (χ0n) is 10.7. The first-order valence-corrected chi connectivity index (χ1v) is 6.91. The first-order valence-electron chi connectivity index (χ1n) is 6.91. The molecule has 1 aromatic carbocycles. The summed E-state index contributed by atoms with van der Waals surface area (Å²) in [6.45, 7) is 6.87. The van der Waals surface area contributed by atoms with Crippen molar-refractivity contribution in [2.45, 2.75) is 32.1 Å². The molecule has 0 aromatic heterocycles. The molecule has 92 valence electrons. The van der Waals surface area contributed by atoms with Crippen LogP contribution >= 0.6 is 0 Å². The number of aryl methyl sites for hydroxylation is 1. The van der Waals surface area contributed by atoms with Crippen molar-refractivity contribution < 1.29 is 0 Å². The Morgan fingerprint density at radius 1 is 1.18 bits per heavy atom. The highest BCUT2D eigenvalue weighted by Gasteiger charge is 2.25. The average molecular weight is 230 g/mol. The molecule has 0 spiro atoms. The van der Waals surface area contributed by atoms with Crippen LogP contribution in [0.3, 0.4) is 0 Å². The third kappa shape index (κ3) is 2.47. The number of nitrogens with one attached hydrogen (secondary N) is 1. The molecule has 2 nitrogen and oxygen atoms in total. The fraction of sp³-hybridized carbons (Fsp3) is 0.600. The molecular weight excluding hydrogens is 208 g/mol. The summed E-state index contributed by atoms with van der Waals surface area (Å²) in [6, 6.07) is 7.05. The van der Waals surface area contributed by atoms with Gasteiger partial charge in [-0.1, -0.05) is 6.07 Å². The van der Waals surface area contributed by atoms with Gasteiger partial charge in [-0.05, 0) is 61.9 Å². The van der Waals surface area contributed by atoms with Gasteiger partial charge in [-0.25, -0.2) is 0 Å².